The smallest absolute Gasteiger partial charge is 0.222 e. The van der Waals surface area contributed by atoms with Gasteiger partial charge in [0.2, 0.25) is 0 Å². The molecule has 0 amide bonds. The van der Waals surface area contributed by atoms with Crippen molar-refractivity contribution in [3.63, 3.8) is 0 Å². The Morgan fingerprint density at radius 2 is 0.857 bits per heavy atom. The first-order valence-electron chi connectivity index (χ1n) is 0.617. The predicted octanol–water partition coefficient (Wildman–Crippen LogP) is -7.75. The second kappa shape index (κ2) is 6.51. The fourth-order valence-electron chi connectivity index (χ4n) is 0. The minimum absolute atomic E-state index is 0. The van der Waals surface area contributed by atoms with E-state index >= 15 is 0 Å². The van der Waals surface area contributed by atoms with Crippen LogP contribution >= 0.6 is 0 Å². The quantitative estimate of drug-likeness (QED) is 0.366. The molecule has 0 rings (SSSR count). The van der Waals surface area contributed by atoms with Gasteiger partial charge in [-0.25, -0.2) is 18.6 Å². The molecule has 0 aliphatic heterocycles. The Balaban J connectivity index is -0.0000000800. The van der Waals surface area contributed by atoms with E-state index in [0.29, 0.717) is 0 Å². The van der Waals surface area contributed by atoms with E-state index in [1.807, 2.05) is 0 Å². The van der Waals surface area contributed by atoms with Gasteiger partial charge in [0.25, 0.3) is 0 Å². The number of hydrogen-bond donors (Lipinski definition) is 0. The van der Waals surface area contributed by atoms with E-state index in [1.54, 1.807) is 0 Å². The summed E-state index contributed by atoms with van der Waals surface area (Å²) in [6.07, 6.45) is 0. The summed E-state index contributed by atoms with van der Waals surface area (Å²) in [5.74, 6) is 0. The molecule has 0 unspecified atom stereocenters. The van der Waals surface area contributed by atoms with Crippen LogP contribution in [0.5, 0.6) is 0 Å². The van der Waals surface area contributed by atoms with Crippen molar-refractivity contribution in [2.45, 2.75) is 0 Å². The molecule has 0 aromatic carbocycles. The first-order valence-corrected chi connectivity index (χ1v) is 1.85. The average molecular weight is 204 g/mol. The molecule has 0 saturated heterocycles. The van der Waals surface area contributed by atoms with Crippen molar-refractivity contribution in [1.29, 1.82) is 0 Å². The molecular formula is ClKO4Zn. The van der Waals surface area contributed by atoms with Gasteiger partial charge in [0.05, 0.1) is 0 Å². The third-order valence-electron chi connectivity index (χ3n) is 0. The monoisotopic (exact) mass is 202 g/mol. The van der Waals surface area contributed by atoms with Gasteiger partial charge in [-0.2, -0.15) is 0 Å². The number of halogens is 1. The molecule has 0 aliphatic rings. The van der Waals surface area contributed by atoms with Crippen molar-refractivity contribution in [2.75, 3.05) is 0 Å². The summed E-state index contributed by atoms with van der Waals surface area (Å²) in [4.78, 5) is 0. The zero-order valence-corrected chi connectivity index (χ0v) is 10.6. The maximum atomic E-state index is 8.49. The first-order chi connectivity index (χ1) is 2.00. The maximum Gasteiger partial charge on any atom is 1.00 e. The minimum atomic E-state index is -4.94. The summed E-state index contributed by atoms with van der Waals surface area (Å²) in [5, 5.41) is 0. The van der Waals surface area contributed by atoms with Crippen molar-refractivity contribution in [3.8, 4) is 0 Å². The van der Waals surface area contributed by atoms with E-state index in [9.17, 15) is 0 Å². The van der Waals surface area contributed by atoms with E-state index in [1.165, 1.54) is 0 Å². The molecule has 0 N–H and O–H groups in total. The van der Waals surface area contributed by atoms with Crippen LogP contribution in [0, 0.1) is 10.2 Å². The molecule has 0 aromatic heterocycles. The van der Waals surface area contributed by atoms with Crippen molar-refractivity contribution in [3.05, 3.63) is 0 Å². The molecule has 7 heavy (non-hydrogen) atoms. The summed E-state index contributed by atoms with van der Waals surface area (Å²) in [5.41, 5.74) is 0. The van der Waals surface area contributed by atoms with Crippen LogP contribution in [0.4, 0.5) is 0 Å². The van der Waals surface area contributed by atoms with E-state index in [2.05, 4.69) is 0 Å². The molecule has 4 nitrogen and oxygen atoms in total. The van der Waals surface area contributed by atoms with Gasteiger partial charge < -0.3 is 0 Å². The van der Waals surface area contributed by atoms with Crippen LogP contribution < -0.4 is 70.0 Å². The second-order valence-corrected chi connectivity index (χ2v) is 1.13. The molecule has 0 radical (unpaired) electrons. The Hall–Kier alpha value is 2.39. The SMILES string of the molecule is [K+].[O-][Cl+3]([O-])([O-])[O-].[Zn]. The zero-order valence-electron chi connectivity index (χ0n) is 3.72. The van der Waals surface area contributed by atoms with Gasteiger partial charge in [0, 0.05) is 19.5 Å². The van der Waals surface area contributed by atoms with Gasteiger partial charge in [-0.1, -0.05) is 0 Å². The fourth-order valence-corrected chi connectivity index (χ4v) is 0. The summed E-state index contributed by atoms with van der Waals surface area (Å²) < 4.78 is 34.0. The standard InChI is InChI=1S/ClHO4.K.Zn/c2-1(3,4)5;;/h(H,2,3,4,5);;/q;+1;/p-1. The van der Waals surface area contributed by atoms with E-state index < -0.39 is 10.2 Å². The first kappa shape index (κ1) is 16.2. The fraction of sp³-hybridized carbons (Fsp3) is 0. The van der Waals surface area contributed by atoms with Gasteiger partial charge in [-0.05, 0) is 0 Å². The second-order valence-electron chi connectivity index (χ2n) is 0.378. The molecule has 0 fully saturated rings. The Kier molecular flexibility index (Phi) is 15.1. The maximum absolute atomic E-state index is 8.49. The number of hydrogen-bond acceptors (Lipinski definition) is 4. The normalized spacial score (nSPS) is 8.57. The largest absolute Gasteiger partial charge is 1.00 e. The molecule has 0 saturated carbocycles. The van der Waals surface area contributed by atoms with Crippen molar-refractivity contribution in [1.82, 2.24) is 0 Å². The third-order valence-corrected chi connectivity index (χ3v) is 0. The molecule has 0 spiro atoms. The van der Waals surface area contributed by atoms with Crippen molar-refractivity contribution >= 4 is 0 Å². The van der Waals surface area contributed by atoms with Crippen LogP contribution in [-0.2, 0) is 19.5 Å². The van der Waals surface area contributed by atoms with Crippen LogP contribution in [0.15, 0.2) is 0 Å². The Morgan fingerprint density at radius 1 is 0.857 bits per heavy atom. The Morgan fingerprint density at radius 3 is 0.857 bits per heavy atom. The molecular weight excluding hydrogens is 204 g/mol. The third kappa shape index (κ3) is 60.0. The molecule has 7 heteroatoms. The van der Waals surface area contributed by atoms with Crippen LogP contribution in [0.25, 0.3) is 0 Å². The average Bonchev–Trinajstić information content (AvgIpc) is 0.722. The number of rotatable bonds is 0. The van der Waals surface area contributed by atoms with Crippen LogP contribution in [-0.4, -0.2) is 0 Å². The Bertz CT molecular complexity index is 27.2. The van der Waals surface area contributed by atoms with Crippen LogP contribution in [0.2, 0.25) is 0 Å². The van der Waals surface area contributed by atoms with E-state index in [4.69, 9.17) is 18.6 Å². The molecule has 34 valence electrons. The molecule has 0 aliphatic carbocycles. The van der Waals surface area contributed by atoms with Gasteiger partial charge >= 0.3 is 51.4 Å². The summed E-state index contributed by atoms with van der Waals surface area (Å²) >= 11 is 0. The minimum Gasteiger partial charge on any atom is -0.222 e. The van der Waals surface area contributed by atoms with Gasteiger partial charge in [0.1, 0.15) is 0 Å². The molecule has 0 atom stereocenters. The van der Waals surface area contributed by atoms with Gasteiger partial charge in [0.15, 0.2) is 0 Å². The topological polar surface area (TPSA) is 92.2 Å². The van der Waals surface area contributed by atoms with Crippen LogP contribution in [0.1, 0.15) is 0 Å². The summed E-state index contributed by atoms with van der Waals surface area (Å²) in [6, 6.07) is 0. The predicted molar refractivity (Wildman–Crippen MR) is 0 cm³/mol. The summed E-state index contributed by atoms with van der Waals surface area (Å²) in [7, 11) is -4.94. The molecule has 0 heterocycles. The van der Waals surface area contributed by atoms with E-state index in [0.717, 1.165) is 0 Å². The molecule has 0 aromatic rings. The van der Waals surface area contributed by atoms with Gasteiger partial charge in [-0.15, -0.1) is 10.2 Å². The van der Waals surface area contributed by atoms with Crippen molar-refractivity contribution in [2.24, 2.45) is 0 Å². The Labute approximate surface area is 97.8 Å². The molecule has 0 bridgehead atoms. The van der Waals surface area contributed by atoms with Crippen molar-refractivity contribution < 1.29 is 99.7 Å². The van der Waals surface area contributed by atoms with Crippen LogP contribution in [0.3, 0.4) is 0 Å². The van der Waals surface area contributed by atoms with E-state index in [-0.39, 0.29) is 70.9 Å². The summed E-state index contributed by atoms with van der Waals surface area (Å²) in [6.45, 7) is 0. The zero-order chi connectivity index (χ0) is 4.50. The van der Waals surface area contributed by atoms with Gasteiger partial charge in [-0.3, -0.25) is 0 Å².